The number of aliphatic hydroxyl groups is 5. The van der Waals surface area contributed by atoms with Crippen molar-refractivity contribution in [3.63, 3.8) is 0 Å². The van der Waals surface area contributed by atoms with E-state index in [-0.39, 0.29) is 37.2 Å². The first kappa shape index (κ1) is 49.1. The smallest absolute Gasteiger partial charge is 0.311 e. The number of aliphatic carboxylic acids is 1. The zero-order valence-electron chi connectivity index (χ0n) is 37.1. The number of methoxy groups -OCH3 is 1. The van der Waals surface area contributed by atoms with Gasteiger partial charge in [-0.15, -0.1) is 0 Å². The summed E-state index contributed by atoms with van der Waals surface area (Å²) in [4.78, 5) is 29.8. The molecule has 1 saturated carbocycles. The van der Waals surface area contributed by atoms with E-state index in [1.807, 2.05) is 37.7 Å². The van der Waals surface area contributed by atoms with Gasteiger partial charge in [0.05, 0.1) is 47.5 Å². The molecule has 3 heterocycles. The van der Waals surface area contributed by atoms with E-state index < -0.39 is 114 Å². The summed E-state index contributed by atoms with van der Waals surface area (Å²) < 4.78 is 37.8. The molecule has 0 amide bonds. The van der Waals surface area contributed by atoms with Gasteiger partial charge in [0.1, 0.15) is 30.0 Å². The first-order valence-electron chi connectivity index (χ1n) is 21.3. The van der Waals surface area contributed by atoms with Crippen LogP contribution in [0.2, 0.25) is 0 Å². The Morgan fingerprint density at radius 3 is 2.17 bits per heavy atom. The quantitative estimate of drug-likeness (QED) is 0.174. The maximum atomic E-state index is 14.3. The Bertz CT molecular complexity index is 1370. The first-order valence-corrected chi connectivity index (χ1v) is 21.3. The van der Waals surface area contributed by atoms with E-state index in [1.54, 1.807) is 48.5 Å². The third kappa shape index (κ3) is 10.9. The maximum Gasteiger partial charge on any atom is 0.311 e. The number of aliphatic hydroxyl groups excluding tert-OH is 3. The molecule has 58 heavy (non-hydrogen) atoms. The van der Waals surface area contributed by atoms with Crippen LogP contribution in [0, 0.1) is 29.6 Å². The number of nitrogens with zero attached hydrogens (tertiary/aromatic N) is 2. The van der Waals surface area contributed by atoms with Crippen molar-refractivity contribution in [1.29, 1.82) is 0 Å². The van der Waals surface area contributed by atoms with Crippen LogP contribution < -0.4 is 0 Å². The van der Waals surface area contributed by atoms with Crippen LogP contribution >= 0.6 is 0 Å². The highest BCUT2D eigenvalue weighted by atomic mass is 16.7. The molecule has 6 N–H and O–H groups in total. The third-order valence-electron chi connectivity index (χ3n) is 13.9. The van der Waals surface area contributed by atoms with Gasteiger partial charge in [0.15, 0.2) is 12.6 Å². The van der Waals surface area contributed by atoms with Gasteiger partial charge in [0.2, 0.25) is 0 Å². The molecule has 338 valence electrons. The highest BCUT2D eigenvalue weighted by Gasteiger charge is 2.53. The molecule has 0 aromatic carbocycles. The van der Waals surface area contributed by atoms with Gasteiger partial charge in [-0.25, -0.2) is 0 Å². The minimum atomic E-state index is -1.83. The van der Waals surface area contributed by atoms with Crippen LogP contribution in [0.4, 0.5) is 0 Å². The number of likely N-dealkylation sites (N-methyl/N-ethyl adjacent to an activating group) is 2. The largest absolute Gasteiger partial charge is 0.481 e. The second-order valence-corrected chi connectivity index (χ2v) is 19.1. The minimum absolute atomic E-state index is 0.0267. The van der Waals surface area contributed by atoms with Crippen molar-refractivity contribution >= 4 is 11.9 Å². The molecule has 4 fully saturated rings. The zero-order valence-corrected chi connectivity index (χ0v) is 37.1. The molecule has 3 saturated heterocycles. The number of carbonyl (C=O) groups is 2. The topological polar surface area (TPSA) is 217 Å². The van der Waals surface area contributed by atoms with Crippen molar-refractivity contribution < 1.29 is 68.6 Å². The van der Waals surface area contributed by atoms with Crippen LogP contribution in [-0.2, 0) is 38.0 Å². The molecule has 0 spiro atoms. The minimum Gasteiger partial charge on any atom is -0.481 e. The van der Waals surface area contributed by atoms with E-state index in [2.05, 4.69) is 0 Å². The lowest BCUT2D eigenvalue weighted by atomic mass is 9.77. The van der Waals surface area contributed by atoms with Crippen molar-refractivity contribution in [1.82, 2.24) is 9.80 Å². The summed E-state index contributed by atoms with van der Waals surface area (Å²) in [6, 6.07) is -1.01. The Morgan fingerprint density at radius 1 is 0.966 bits per heavy atom. The average Bonchev–Trinajstić information content (AvgIpc) is 3.92. The Kier molecular flexibility index (Phi) is 16.3. The first-order chi connectivity index (χ1) is 26.8. The van der Waals surface area contributed by atoms with E-state index in [1.165, 1.54) is 14.0 Å². The molecule has 0 unspecified atom stereocenters. The fourth-order valence-corrected chi connectivity index (χ4v) is 9.92. The molecule has 16 nitrogen and oxygen atoms in total. The predicted molar refractivity (Wildman–Crippen MR) is 212 cm³/mol. The van der Waals surface area contributed by atoms with Gasteiger partial charge in [-0.05, 0) is 100 Å². The van der Waals surface area contributed by atoms with Crippen LogP contribution in [0.25, 0.3) is 0 Å². The van der Waals surface area contributed by atoms with E-state index >= 15 is 0 Å². The van der Waals surface area contributed by atoms with Gasteiger partial charge >= 0.3 is 11.9 Å². The van der Waals surface area contributed by atoms with Gasteiger partial charge in [-0.1, -0.05) is 20.8 Å². The monoisotopic (exact) mass is 833 g/mol. The molecular weight excluding hydrogens is 756 g/mol. The van der Waals surface area contributed by atoms with Crippen molar-refractivity contribution in [3.05, 3.63) is 0 Å². The van der Waals surface area contributed by atoms with Crippen LogP contribution in [-0.4, -0.2) is 177 Å². The van der Waals surface area contributed by atoms with E-state index in [4.69, 9.17) is 28.4 Å². The second-order valence-electron chi connectivity index (χ2n) is 19.1. The number of esters is 1. The van der Waals surface area contributed by atoms with Crippen LogP contribution in [0.5, 0.6) is 0 Å². The Morgan fingerprint density at radius 2 is 1.60 bits per heavy atom. The third-order valence-corrected chi connectivity index (χ3v) is 13.9. The fourth-order valence-electron chi connectivity index (χ4n) is 9.92. The Hall–Kier alpha value is -1.54. The fraction of sp³-hybridized carbons (Fsp3) is 0.952. The number of carboxylic acid groups (broad SMARTS) is 1. The standard InChI is InChI=1S/C42H76N2O14/c1-14-30-42(10,52)34(46)25(6)43(11)19-21(2)17-40(8,51)36(58-39-32(45)29(15-22(3)54-39)44(12)20-27-16-28(27)37(48)49)23(4)33(24(5)38(50)56-30)57-31-18-41(9,53-13)35(47)26(7)55-31/h21-36,39,45-47,51-52H,14-20H2,1-13H3,(H,48,49)/t21-,22-,23+,24-,25-,26+,27-,28+,29+,30-,31+,32-,33+,34-,35+,36-,39+,40-,41-,42-/m1/s1. The molecule has 0 radical (unpaired) electrons. The molecule has 3 aliphatic heterocycles. The van der Waals surface area contributed by atoms with Gasteiger partial charge in [-0.2, -0.15) is 0 Å². The molecule has 4 rings (SSSR count). The van der Waals surface area contributed by atoms with Crippen LogP contribution in [0.3, 0.4) is 0 Å². The molecule has 16 heteroatoms. The summed E-state index contributed by atoms with van der Waals surface area (Å²) in [5, 5.41) is 68.4. The number of rotatable bonds is 10. The van der Waals surface area contributed by atoms with Crippen molar-refractivity contribution in [2.75, 3.05) is 34.3 Å². The van der Waals surface area contributed by atoms with Gasteiger partial charge < -0.3 is 68.9 Å². The maximum absolute atomic E-state index is 14.3. The summed E-state index contributed by atoms with van der Waals surface area (Å²) in [5.41, 5.74) is -4.52. The second kappa shape index (κ2) is 19.2. The molecule has 0 bridgehead atoms. The highest BCUT2D eigenvalue weighted by molar-refractivity contribution is 5.73. The van der Waals surface area contributed by atoms with E-state index in [0.29, 0.717) is 25.9 Å². The molecule has 1 aliphatic carbocycles. The Labute approximate surface area is 345 Å². The molecule has 0 aromatic rings. The van der Waals surface area contributed by atoms with Crippen molar-refractivity contribution in [2.24, 2.45) is 29.6 Å². The number of carboxylic acids is 1. The molecule has 4 aliphatic rings. The van der Waals surface area contributed by atoms with Gasteiger partial charge in [0, 0.05) is 44.6 Å². The number of cyclic esters (lactones) is 1. The Balaban J connectivity index is 1.77. The SMILES string of the molecule is CC[C@H]1OC(=O)[C@H](C)[C@@H](O[C@H]2C[C@@](C)(OC)[C@@H](O)[C@H](C)O2)[C@H](C)[C@@H](O[C@@H]2O[C@H](C)C[C@H](N(C)C[C@H]3C[C@@H]3C(=O)O)[C@H]2O)[C@](C)(O)C[C@@H](C)CN(C)[C@H](C)[C@@H](O)[C@]1(C)O. The van der Waals surface area contributed by atoms with Crippen LogP contribution in [0.15, 0.2) is 0 Å². The summed E-state index contributed by atoms with van der Waals surface area (Å²) in [7, 11) is 5.17. The van der Waals surface area contributed by atoms with Crippen molar-refractivity contribution in [2.45, 2.75) is 192 Å². The lowest BCUT2D eigenvalue weighted by Gasteiger charge is -2.49. The number of hydrogen-bond donors (Lipinski definition) is 6. The lowest BCUT2D eigenvalue weighted by Crippen LogP contribution is -2.61. The zero-order chi connectivity index (χ0) is 43.8. The predicted octanol–water partition coefficient (Wildman–Crippen LogP) is 1.99. The summed E-state index contributed by atoms with van der Waals surface area (Å²) >= 11 is 0. The molecule has 0 aromatic heterocycles. The number of hydrogen-bond acceptors (Lipinski definition) is 15. The summed E-state index contributed by atoms with van der Waals surface area (Å²) in [6.45, 7) is 18.3. The lowest BCUT2D eigenvalue weighted by molar-refractivity contribution is -0.318. The highest BCUT2D eigenvalue weighted by Crippen LogP contribution is 2.42. The van der Waals surface area contributed by atoms with E-state index in [0.717, 1.165) is 0 Å². The van der Waals surface area contributed by atoms with Gasteiger partial charge in [0.25, 0.3) is 0 Å². The summed E-state index contributed by atoms with van der Waals surface area (Å²) in [5.74, 6) is -4.05. The average molecular weight is 833 g/mol. The van der Waals surface area contributed by atoms with Gasteiger partial charge in [-0.3, -0.25) is 9.59 Å². The number of ether oxygens (including phenoxy) is 6. The van der Waals surface area contributed by atoms with Crippen LogP contribution in [0.1, 0.15) is 101 Å². The molecular formula is C42H76N2O14. The van der Waals surface area contributed by atoms with E-state index in [9.17, 15) is 40.2 Å². The summed E-state index contributed by atoms with van der Waals surface area (Å²) in [6.07, 6.45) is -8.53. The molecule has 20 atom stereocenters. The van der Waals surface area contributed by atoms with Crippen molar-refractivity contribution in [3.8, 4) is 0 Å². The normalized spacial score (nSPS) is 49.2. The number of carbonyl (C=O) groups excluding carboxylic acids is 1.